The van der Waals surface area contributed by atoms with E-state index in [2.05, 4.69) is 10.5 Å². The summed E-state index contributed by atoms with van der Waals surface area (Å²) in [7, 11) is 1.54. The molecule has 0 bridgehead atoms. The first-order valence-electron chi connectivity index (χ1n) is 8.57. The quantitative estimate of drug-likeness (QED) is 0.665. The van der Waals surface area contributed by atoms with Crippen molar-refractivity contribution in [3.63, 3.8) is 0 Å². The van der Waals surface area contributed by atoms with Gasteiger partial charge in [0.25, 0.3) is 5.91 Å². The predicted molar refractivity (Wildman–Crippen MR) is 99.5 cm³/mol. The first-order chi connectivity index (χ1) is 13.3. The number of amides is 1. The topological polar surface area (TPSA) is 115 Å². The summed E-state index contributed by atoms with van der Waals surface area (Å²) in [6.07, 6.45) is 0. The molecule has 0 saturated carbocycles. The molecule has 146 valence electrons. The van der Waals surface area contributed by atoms with Gasteiger partial charge in [0, 0.05) is 5.56 Å². The summed E-state index contributed by atoms with van der Waals surface area (Å²) in [4.78, 5) is 24.4. The van der Waals surface area contributed by atoms with E-state index < -0.39 is 12.0 Å². The molecule has 0 saturated heterocycles. The van der Waals surface area contributed by atoms with Crippen LogP contribution in [0, 0.1) is 13.8 Å². The van der Waals surface area contributed by atoms with Crippen molar-refractivity contribution >= 4 is 11.9 Å². The Bertz CT molecular complexity index is 1020. The maximum Gasteiger partial charge on any atom is 0.341 e. The molecule has 0 aliphatic rings. The number of ether oxygens (including phenoxy) is 1. The Morgan fingerprint density at radius 1 is 1.21 bits per heavy atom. The van der Waals surface area contributed by atoms with Gasteiger partial charge in [-0.1, -0.05) is 5.16 Å². The third-order valence-electron chi connectivity index (χ3n) is 4.32. The second-order valence-electron chi connectivity index (χ2n) is 6.33. The standard InChI is InChI=1S/C20H20N2O6/c1-10-9-15(12(3)27-10)19(23)21-11(2)18-16(20(24)25)17(22-28-18)13-5-7-14(26-4)8-6-13/h5-9,11H,1-4H3,(H,21,23)(H,24,25)/t11-/m1/s1. The average molecular weight is 384 g/mol. The Kier molecular flexibility index (Phi) is 5.21. The highest BCUT2D eigenvalue weighted by molar-refractivity contribution is 5.97. The number of rotatable bonds is 6. The van der Waals surface area contributed by atoms with Gasteiger partial charge >= 0.3 is 5.97 Å². The molecule has 2 heterocycles. The van der Waals surface area contributed by atoms with Crippen molar-refractivity contribution in [1.82, 2.24) is 10.5 Å². The van der Waals surface area contributed by atoms with Gasteiger partial charge in [-0.3, -0.25) is 4.79 Å². The van der Waals surface area contributed by atoms with Crippen LogP contribution in [0.25, 0.3) is 11.3 Å². The molecule has 0 unspecified atom stereocenters. The summed E-state index contributed by atoms with van der Waals surface area (Å²) in [5.41, 5.74) is 1.03. The smallest absolute Gasteiger partial charge is 0.341 e. The van der Waals surface area contributed by atoms with E-state index in [1.165, 1.54) is 0 Å². The molecule has 8 nitrogen and oxygen atoms in total. The molecule has 3 rings (SSSR count). The lowest BCUT2D eigenvalue weighted by Crippen LogP contribution is -2.27. The zero-order valence-electron chi connectivity index (χ0n) is 15.9. The zero-order valence-corrected chi connectivity index (χ0v) is 15.9. The number of carboxylic acids is 1. The number of methoxy groups -OCH3 is 1. The summed E-state index contributed by atoms with van der Waals surface area (Å²) < 4.78 is 15.8. The lowest BCUT2D eigenvalue weighted by atomic mass is 10.0. The maximum atomic E-state index is 12.5. The van der Waals surface area contributed by atoms with E-state index in [1.54, 1.807) is 58.2 Å². The van der Waals surface area contributed by atoms with Crippen LogP contribution in [0.15, 0.2) is 39.3 Å². The van der Waals surface area contributed by atoms with Gasteiger partial charge in [-0.25, -0.2) is 4.79 Å². The van der Waals surface area contributed by atoms with E-state index in [0.29, 0.717) is 28.4 Å². The van der Waals surface area contributed by atoms with Crippen LogP contribution >= 0.6 is 0 Å². The molecule has 2 aromatic heterocycles. The fourth-order valence-electron chi connectivity index (χ4n) is 2.95. The number of nitrogens with one attached hydrogen (secondary N) is 1. The molecule has 0 radical (unpaired) electrons. The molecule has 1 amide bonds. The van der Waals surface area contributed by atoms with E-state index in [1.807, 2.05) is 0 Å². The summed E-state index contributed by atoms with van der Waals surface area (Å²) in [5, 5.41) is 16.3. The minimum Gasteiger partial charge on any atom is -0.497 e. The van der Waals surface area contributed by atoms with Crippen molar-refractivity contribution in [1.29, 1.82) is 0 Å². The second kappa shape index (κ2) is 7.59. The van der Waals surface area contributed by atoms with Crippen molar-refractivity contribution in [3.05, 3.63) is 58.7 Å². The lowest BCUT2D eigenvalue weighted by Gasteiger charge is -2.11. The van der Waals surface area contributed by atoms with Crippen molar-refractivity contribution in [2.24, 2.45) is 0 Å². The van der Waals surface area contributed by atoms with Crippen LogP contribution in [0.2, 0.25) is 0 Å². The van der Waals surface area contributed by atoms with Gasteiger partial charge in [0.1, 0.15) is 28.5 Å². The van der Waals surface area contributed by atoms with Crippen LogP contribution in [0.4, 0.5) is 0 Å². The van der Waals surface area contributed by atoms with E-state index in [0.717, 1.165) is 0 Å². The second-order valence-corrected chi connectivity index (χ2v) is 6.33. The number of furan rings is 1. The van der Waals surface area contributed by atoms with Crippen LogP contribution in [0.1, 0.15) is 51.0 Å². The van der Waals surface area contributed by atoms with Crippen LogP contribution in [0.5, 0.6) is 5.75 Å². The fraction of sp³-hybridized carbons (Fsp3) is 0.250. The SMILES string of the molecule is COc1ccc(-c2noc([C@@H](C)NC(=O)c3cc(C)oc3C)c2C(=O)O)cc1. The van der Waals surface area contributed by atoms with E-state index >= 15 is 0 Å². The number of benzene rings is 1. The number of carbonyl (C=O) groups excluding carboxylic acids is 1. The minimum absolute atomic E-state index is 0.0598. The van der Waals surface area contributed by atoms with Crippen LogP contribution in [0.3, 0.4) is 0 Å². The Labute approximate surface area is 161 Å². The summed E-state index contributed by atoms with van der Waals surface area (Å²) in [6, 6.07) is 7.68. The van der Waals surface area contributed by atoms with Gasteiger partial charge in [0.05, 0.1) is 18.7 Å². The highest BCUT2D eigenvalue weighted by Crippen LogP contribution is 2.30. The zero-order chi connectivity index (χ0) is 20.4. The van der Waals surface area contributed by atoms with Gasteiger partial charge in [-0.2, -0.15) is 0 Å². The number of carbonyl (C=O) groups is 2. The highest BCUT2D eigenvalue weighted by atomic mass is 16.5. The van der Waals surface area contributed by atoms with E-state index in [4.69, 9.17) is 13.7 Å². The molecule has 0 fully saturated rings. The molecular formula is C20H20N2O6. The highest BCUT2D eigenvalue weighted by Gasteiger charge is 2.28. The van der Waals surface area contributed by atoms with Crippen LogP contribution in [-0.4, -0.2) is 29.2 Å². The number of nitrogens with zero attached hydrogens (tertiary/aromatic N) is 1. The molecule has 3 aromatic rings. The maximum absolute atomic E-state index is 12.5. The van der Waals surface area contributed by atoms with E-state index in [-0.39, 0.29) is 22.9 Å². The molecular weight excluding hydrogens is 364 g/mol. The third-order valence-corrected chi connectivity index (χ3v) is 4.32. The first kappa shape index (κ1) is 19.2. The molecule has 0 aliphatic carbocycles. The Morgan fingerprint density at radius 3 is 2.43 bits per heavy atom. The van der Waals surface area contributed by atoms with Crippen molar-refractivity contribution in [2.45, 2.75) is 26.8 Å². The Morgan fingerprint density at radius 2 is 1.89 bits per heavy atom. The lowest BCUT2D eigenvalue weighted by molar-refractivity contribution is 0.0692. The molecule has 1 atom stereocenters. The minimum atomic E-state index is -1.20. The number of aromatic nitrogens is 1. The number of aryl methyl sites for hydroxylation is 2. The number of aromatic carboxylic acids is 1. The van der Waals surface area contributed by atoms with Crippen molar-refractivity contribution in [2.75, 3.05) is 7.11 Å². The number of hydrogen-bond acceptors (Lipinski definition) is 6. The monoisotopic (exact) mass is 384 g/mol. The largest absolute Gasteiger partial charge is 0.497 e. The van der Waals surface area contributed by atoms with Gasteiger partial charge in [0.15, 0.2) is 5.76 Å². The van der Waals surface area contributed by atoms with Crippen LogP contribution < -0.4 is 10.1 Å². The average Bonchev–Trinajstić information content (AvgIpc) is 3.25. The molecule has 1 aromatic carbocycles. The van der Waals surface area contributed by atoms with Crippen LogP contribution in [-0.2, 0) is 0 Å². The Hall–Kier alpha value is -3.55. The predicted octanol–water partition coefficient (Wildman–Crippen LogP) is 3.75. The number of hydrogen-bond donors (Lipinski definition) is 2. The summed E-state index contributed by atoms with van der Waals surface area (Å²) in [5.74, 6) is 0.208. The fourth-order valence-corrected chi connectivity index (χ4v) is 2.95. The van der Waals surface area contributed by atoms with E-state index in [9.17, 15) is 14.7 Å². The molecule has 0 spiro atoms. The third kappa shape index (κ3) is 3.62. The van der Waals surface area contributed by atoms with Gasteiger partial charge in [-0.15, -0.1) is 0 Å². The van der Waals surface area contributed by atoms with Crippen molar-refractivity contribution in [3.8, 4) is 17.0 Å². The molecule has 8 heteroatoms. The molecule has 28 heavy (non-hydrogen) atoms. The normalized spacial score (nSPS) is 11.9. The number of carboxylic acid groups (broad SMARTS) is 1. The molecule has 2 N–H and O–H groups in total. The summed E-state index contributed by atoms with van der Waals surface area (Å²) >= 11 is 0. The Balaban J connectivity index is 1.91. The van der Waals surface area contributed by atoms with Crippen molar-refractivity contribution < 1.29 is 28.4 Å². The van der Waals surface area contributed by atoms with Gasteiger partial charge < -0.3 is 24.1 Å². The van der Waals surface area contributed by atoms with Gasteiger partial charge in [-0.05, 0) is 51.1 Å². The molecule has 0 aliphatic heterocycles. The first-order valence-corrected chi connectivity index (χ1v) is 8.57. The van der Waals surface area contributed by atoms with Gasteiger partial charge in [0.2, 0.25) is 0 Å². The summed E-state index contributed by atoms with van der Waals surface area (Å²) in [6.45, 7) is 5.06.